The smallest absolute Gasteiger partial charge is 0.497 e. The van der Waals surface area contributed by atoms with Gasteiger partial charge in [-0.1, -0.05) is 43.7 Å². The van der Waals surface area contributed by atoms with E-state index in [-0.39, 0.29) is 6.04 Å². The van der Waals surface area contributed by atoms with Crippen molar-refractivity contribution in [2.24, 2.45) is 11.8 Å². The Morgan fingerprint density at radius 1 is 1.15 bits per heavy atom. The van der Waals surface area contributed by atoms with Crippen LogP contribution in [0.25, 0.3) is 10.9 Å². The molecule has 39 heavy (non-hydrogen) atoms. The fraction of sp³-hybridized carbons (Fsp3) is 0.515. The van der Waals surface area contributed by atoms with E-state index in [1.54, 1.807) is 13.3 Å². The lowest BCUT2D eigenvalue weighted by atomic mass is 9.73. The fourth-order valence-corrected chi connectivity index (χ4v) is 5.89. The molecule has 210 valence electrons. The first kappa shape index (κ1) is 28.9. The quantitative estimate of drug-likeness (QED) is 0.140. The Balaban J connectivity index is 1.40. The molecule has 3 aliphatic rings. The molecule has 0 N–H and O–H groups in total. The van der Waals surface area contributed by atoms with Gasteiger partial charge in [0.1, 0.15) is 11.9 Å². The average Bonchev–Trinajstić information content (AvgIpc) is 2.98. The van der Waals surface area contributed by atoms with Crippen molar-refractivity contribution in [2.75, 3.05) is 26.8 Å². The number of pyridine rings is 1. The van der Waals surface area contributed by atoms with Gasteiger partial charge in [0.25, 0.3) is 0 Å². The predicted molar refractivity (Wildman–Crippen MR) is 157 cm³/mol. The first-order valence-corrected chi connectivity index (χ1v) is 14.6. The van der Waals surface area contributed by atoms with Crippen LogP contribution in [0.3, 0.4) is 0 Å². The summed E-state index contributed by atoms with van der Waals surface area (Å²) < 4.78 is 17.2. The molecule has 0 radical (unpaired) electrons. The third kappa shape index (κ3) is 7.72. The SMILES string of the molecule is C=C[C@H]1CN2CC[C@H]1C[C@H]2[C@H](OC(=O)OCCCC=CCCC=CCCC)c1ccnc2ccc(OC)cc12. The number of carbonyl (C=O) groups is 1. The topological polar surface area (TPSA) is 60.9 Å². The molecular weight excluding hydrogens is 488 g/mol. The fourth-order valence-electron chi connectivity index (χ4n) is 5.89. The number of nitrogens with zero attached hydrogens (tertiary/aromatic N) is 2. The maximum atomic E-state index is 13.0. The van der Waals surface area contributed by atoms with E-state index < -0.39 is 12.3 Å². The number of fused-ring (bicyclic) bond motifs is 4. The minimum absolute atomic E-state index is 0.0820. The van der Waals surface area contributed by atoms with E-state index in [0.717, 1.165) is 80.3 Å². The molecule has 6 nitrogen and oxygen atoms in total. The van der Waals surface area contributed by atoms with Gasteiger partial charge in [0.2, 0.25) is 0 Å². The van der Waals surface area contributed by atoms with E-state index in [0.29, 0.717) is 18.4 Å². The summed E-state index contributed by atoms with van der Waals surface area (Å²) in [7, 11) is 1.66. The molecule has 1 aromatic carbocycles. The largest absolute Gasteiger partial charge is 0.508 e. The summed E-state index contributed by atoms with van der Waals surface area (Å²) in [5, 5.41) is 0.937. The highest BCUT2D eigenvalue weighted by Gasteiger charge is 2.44. The lowest BCUT2D eigenvalue weighted by Crippen LogP contribution is -2.55. The highest BCUT2D eigenvalue weighted by Crippen LogP contribution is 2.43. The van der Waals surface area contributed by atoms with Crippen LogP contribution in [0, 0.1) is 11.8 Å². The summed E-state index contributed by atoms with van der Waals surface area (Å²) in [5.41, 5.74) is 1.79. The van der Waals surface area contributed by atoms with Gasteiger partial charge in [-0.15, -0.1) is 6.58 Å². The molecule has 0 amide bonds. The molecule has 0 saturated carbocycles. The van der Waals surface area contributed by atoms with Crippen LogP contribution in [-0.4, -0.2) is 48.9 Å². The maximum Gasteiger partial charge on any atom is 0.508 e. The highest BCUT2D eigenvalue weighted by atomic mass is 16.7. The number of rotatable bonds is 14. The average molecular weight is 533 g/mol. The number of benzene rings is 1. The predicted octanol–water partition coefficient (Wildman–Crippen LogP) is 7.81. The lowest BCUT2D eigenvalue weighted by Gasteiger charge is -2.51. The molecular formula is C33H44N2O4. The third-order valence-corrected chi connectivity index (χ3v) is 8.04. The lowest BCUT2D eigenvalue weighted by molar-refractivity contribution is -0.0659. The molecule has 1 aromatic heterocycles. The minimum atomic E-state index is -0.610. The van der Waals surface area contributed by atoms with E-state index >= 15 is 0 Å². The molecule has 5 rings (SSSR count). The Hall–Kier alpha value is -3.12. The highest BCUT2D eigenvalue weighted by molar-refractivity contribution is 5.84. The summed E-state index contributed by atoms with van der Waals surface area (Å²) in [4.78, 5) is 20.0. The Morgan fingerprint density at radius 3 is 2.67 bits per heavy atom. The zero-order valence-corrected chi connectivity index (χ0v) is 23.6. The number of piperidine rings is 3. The number of methoxy groups -OCH3 is 1. The van der Waals surface area contributed by atoms with Crippen LogP contribution in [0.2, 0.25) is 0 Å². The van der Waals surface area contributed by atoms with Gasteiger partial charge in [-0.25, -0.2) is 4.79 Å². The standard InChI is InChI=1S/C33H44N2O4/c1-4-6-7-8-9-10-11-12-13-14-21-38-33(36)39-32(31-22-26-18-20-35(31)24-25(26)5-2)28-17-19-34-30-16-15-27(37-3)23-29(28)30/h5,7-8,11-12,15-17,19,23,25-26,31-32H,2,4,6,9-10,13-14,18,20-22,24H2,1,3H3/t25-,26-,31-,32+/m0/s1. The van der Waals surface area contributed by atoms with Crippen molar-refractivity contribution in [1.29, 1.82) is 0 Å². The summed E-state index contributed by atoms with van der Waals surface area (Å²) >= 11 is 0. The Morgan fingerprint density at radius 2 is 1.95 bits per heavy atom. The van der Waals surface area contributed by atoms with Crippen LogP contribution in [0.15, 0.2) is 67.4 Å². The third-order valence-electron chi connectivity index (χ3n) is 8.04. The van der Waals surface area contributed by atoms with Crippen molar-refractivity contribution >= 4 is 17.1 Å². The molecule has 3 saturated heterocycles. The molecule has 1 unspecified atom stereocenters. The van der Waals surface area contributed by atoms with Gasteiger partial charge in [0, 0.05) is 23.7 Å². The minimum Gasteiger partial charge on any atom is -0.497 e. The number of ether oxygens (including phenoxy) is 3. The molecule has 0 spiro atoms. The molecule has 3 fully saturated rings. The molecule has 2 bridgehead atoms. The van der Waals surface area contributed by atoms with Gasteiger partial charge in [-0.05, 0) is 87.6 Å². The number of unbranched alkanes of at least 4 members (excludes halogenated alkanes) is 3. The van der Waals surface area contributed by atoms with Crippen LogP contribution in [0.4, 0.5) is 4.79 Å². The van der Waals surface area contributed by atoms with Crippen LogP contribution in [0.1, 0.15) is 70.0 Å². The van der Waals surface area contributed by atoms with Crippen molar-refractivity contribution in [3.8, 4) is 5.75 Å². The van der Waals surface area contributed by atoms with Gasteiger partial charge in [-0.3, -0.25) is 9.88 Å². The normalized spacial score (nSPS) is 23.3. The van der Waals surface area contributed by atoms with E-state index in [9.17, 15) is 4.79 Å². The monoisotopic (exact) mass is 532 g/mol. The van der Waals surface area contributed by atoms with Crippen molar-refractivity contribution < 1.29 is 19.0 Å². The number of aromatic nitrogens is 1. The second-order valence-electron chi connectivity index (χ2n) is 10.6. The number of hydrogen-bond donors (Lipinski definition) is 0. The number of carbonyl (C=O) groups excluding carboxylic acids is 1. The zero-order valence-electron chi connectivity index (χ0n) is 23.6. The molecule has 4 heterocycles. The van der Waals surface area contributed by atoms with Crippen molar-refractivity contribution in [2.45, 2.75) is 70.4 Å². The number of hydrogen-bond acceptors (Lipinski definition) is 6. The summed E-state index contributed by atoms with van der Waals surface area (Å²) in [5.74, 6) is 1.79. The zero-order chi connectivity index (χ0) is 27.5. The molecule has 3 aliphatic heterocycles. The first-order valence-electron chi connectivity index (χ1n) is 14.6. The van der Waals surface area contributed by atoms with Crippen molar-refractivity contribution in [3.05, 3.63) is 73.0 Å². The van der Waals surface area contributed by atoms with Crippen LogP contribution >= 0.6 is 0 Å². The first-order chi connectivity index (χ1) is 19.1. The van der Waals surface area contributed by atoms with Gasteiger partial charge < -0.3 is 14.2 Å². The second kappa shape index (κ2) is 14.9. The van der Waals surface area contributed by atoms with Crippen LogP contribution in [0.5, 0.6) is 5.75 Å². The van der Waals surface area contributed by atoms with E-state index in [1.807, 2.05) is 24.3 Å². The number of allylic oxidation sites excluding steroid dienone is 4. The van der Waals surface area contributed by atoms with Crippen molar-refractivity contribution in [3.63, 3.8) is 0 Å². The van der Waals surface area contributed by atoms with Gasteiger partial charge in [0.05, 0.1) is 25.3 Å². The van der Waals surface area contributed by atoms with Gasteiger partial charge >= 0.3 is 6.16 Å². The molecule has 6 heteroatoms. The van der Waals surface area contributed by atoms with E-state index in [4.69, 9.17) is 14.2 Å². The van der Waals surface area contributed by atoms with Gasteiger partial charge in [0.15, 0.2) is 0 Å². The molecule has 0 aliphatic carbocycles. The Kier molecular flexibility index (Phi) is 11.0. The summed E-state index contributed by atoms with van der Waals surface area (Å²) in [6.45, 7) is 8.54. The second-order valence-corrected chi connectivity index (χ2v) is 10.6. The van der Waals surface area contributed by atoms with Crippen LogP contribution in [-0.2, 0) is 9.47 Å². The van der Waals surface area contributed by atoms with E-state index in [1.165, 1.54) is 6.42 Å². The van der Waals surface area contributed by atoms with Gasteiger partial charge in [-0.2, -0.15) is 0 Å². The Labute approximate surface area is 233 Å². The van der Waals surface area contributed by atoms with Crippen LogP contribution < -0.4 is 4.74 Å². The molecule has 2 aromatic rings. The Bertz CT molecular complexity index is 1140. The maximum absolute atomic E-state index is 13.0. The molecule has 5 atom stereocenters. The summed E-state index contributed by atoms with van der Waals surface area (Å²) in [6, 6.07) is 7.88. The van der Waals surface area contributed by atoms with Crippen molar-refractivity contribution in [1.82, 2.24) is 9.88 Å². The summed E-state index contributed by atoms with van der Waals surface area (Å²) in [6.07, 6.45) is 19.9. The van der Waals surface area contributed by atoms with E-state index in [2.05, 4.69) is 53.8 Å².